The van der Waals surface area contributed by atoms with E-state index in [0.29, 0.717) is 55.1 Å². The van der Waals surface area contributed by atoms with Crippen molar-refractivity contribution in [1.82, 2.24) is 19.8 Å². The molecule has 2 N–H and O–H groups in total. The number of carboxylic acid groups (broad SMARTS) is 2. The van der Waals surface area contributed by atoms with Gasteiger partial charge in [0, 0.05) is 55.5 Å². The molecule has 2 atom stereocenters. The molecule has 2 aliphatic rings. The van der Waals surface area contributed by atoms with Gasteiger partial charge in [0.1, 0.15) is 46.0 Å². The molecule has 2 unspecified atom stereocenters. The van der Waals surface area contributed by atoms with Gasteiger partial charge in [-0.25, -0.2) is 9.59 Å². The van der Waals surface area contributed by atoms with Crippen LogP contribution in [0.2, 0.25) is 0 Å². The molecule has 16 heteroatoms. The van der Waals surface area contributed by atoms with Gasteiger partial charge >= 0.3 is 11.9 Å². The Kier molecular flexibility index (Phi) is 12.9. The Bertz CT molecular complexity index is 4270. The first kappa shape index (κ1) is 54.3. The summed E-state index contributed by atoms with van der Waals surface area (Å²) >= 11 is 0. The third-order valence-corrected chi connectivity index (χ3v) is 16.1. The molecule has 16 nitrogen and oxygen atoms in total. The average molecular weight is 1140 g/mol. The van der Waals surface area contributed by atoms with Crippen LogP contribution in [0.3, 0.4) is 0 Å². The lowest BCUT2D eigenvalue weighted by Gasteiger charge is -2.34. The van der Waals surface area contributed by atoms with Crippen molar-refractivity contribution in [3.05, 3.63) is 224 Å². The van der Waals surface area contributed by atoms with E-state index in [-0.39, 0.29) is 99.7 Å². The average Bonchev–Trinajstić information content (AvgIpc) is 0.696. The molecule has 86 heavy (non-hydrogen) atoms. The van der Waals surface area contributed by atoms with Crippen molar-refractivity contribution in [3.63, 3.8) is 0 Å². The molecule has 4 heterocycles. The molecule has 0 bridgehead atoms. The lowest BCUT2D eigenvalue weighted by atomic mass is 9.80. The normalized spacial score (nSPS) is 13.7. The highest BCUT2D eigenvalue weighted by atomic mass is 16.5. The Morgan fingerprint density at radius 3 is 0.837 bits per heavy atom. The molecule has 0 radical (unpaired) electrons. The molecule has 0 aliphatic carbocycles. The van der Waals surface area contributed by atoms with Crippen LogP contribution in [0.4, 0.5) is 0 Å². The van der Waals surface area contributed by atoms with Crippen molar-refractivity contribution in [2.75, 3.05) is 0 Å². The molecule has 2 aliphatic heterocycles. The van der Waals surface area contributed by atoms with E-state index in [0.717, 1.165) is 22.3 Å². The lowest BCUT2D eigenvalue weighted by Crippen LogP contribution is -2.46. The summed E-state index contributed by atoms with van der Waals surface area (Å²) in [7, 11) is 0. The zero-order valence-corrected chi connectivity index (χ0v) is 47.8. The zero-order chi connectivity index (χ0) is 60.3. The van der Waals surface area contributed by atoms with E-state index in [9.17, 15) is 19.8 Å². The number of benzene rings is 9. The van der Waals surface area contributed by atoms with Crippen LogP contribution in [0.5, 0.6) is 46.0 Å². The van der Waals surface area contributed by atoms with Gasteiger partial charge < -0.3 is 29.2 Å². The Morgan fingerprint density at radius 2 is 0.616 bits per heavy atom. The van der Waals surface area contributed by atoms with E-state index in [1.807, 2.05) is 104 Å². The largest absolute Gasteiger partial charge is 0.479 e. The van der Waals surface area contributed by atoms with Crippen molar-refractivity contribution < 1.29 is 57.9 Å². The van der Waals surface area contributed by atoms with Crippen LogP contribution < -0.4 is 18.9 Å². The predicted molar refractivity (Wildman–Crippen MR) is 322 cm³/mol. The number of rotatable bonds is 14. The highest BCUT2D eigenvalue weighted by Crippen LogP contribution is 2.59. The maximum Gasteiger partial charge on any atom is 0.333 e. The number of carbonyl (C=O) groups excluding carboxylic acids is 4. The van der Waals surface area contributed by atoms with Gasteiger partial charge in [-0.2, -0.15) is 0 Å². The SMILES string of the molecule is Cc1ccc(Oc2cc3c4c(cc(Oc5ccc(C)cc5C)c5c6c(Oc7ccc(C)cc7C)cc7c8c(cc(Oc9ccc(C)cc9C)c(c2c45)c86)C(=O)N(C(C(=O)O)c2ccccn2)C7=O)C(=O)N(C(C(=O)O)c2ccccn2)C3=O)c(C)c1. The Labute approximate surface area is 491 Å². The van der Waals surface area contributed by atoms with Crippen LogP contribution in [0.1, 0.15) is 109 Å². The molecule has 2 aromatic heterocycles. The molecule has 0 saturated carbocycles. The quantitative estimate of drug-likeness (QED) is 0.0589. The molecule has 424 valence electrons. The number of nitrogens with zero attached hydrogens (tertiary/aromatic N) is 4. The summed E-state index contributed by atoms with van der Waals surface area (Å²) in [6, 6.07) is 33.5. The van der Waals surface area contributed by atoms with Crippen molar-refractivity contribution in [3.8, 4) is 46.0 Å². The molecule has 0 saturated heterocycles. The number of aromatic nitrogens is 2. The summed E-state index contributed by atoms with van der Waals surface area (Å²) in [4.78, 5) is 100. The second-order valence-electron chi connectivity index (χ2n) is 22.1. The monoisotopic (exact) mass is 1140 g/mol. The molecule has 13 rings (SSSR count). The lowest BCUT2D eigenvalue weighted by molar-refractivity contribution is -0.142. The smallest absolute Gasteiger partial charge is 0.333 e. The number of carboxylic acids is 2. The van der Waals surface area contributed by atoms with Gasteiger partial charge in [0.05, 0.1) is 33.6 Å². The standard InChI is InChI=1S/C70H52N4O12/c1-33-15-19-47(37(5)25-33)83-51-29-41-55-42(66(76)73(65(41)75)63(69(79)80)45-13-9-11-23-71-45)31-53(85-49-21-17-35(3)27-39(49)7)59-60-54(86-50-22-18-36(4)28-40(50)8)32-44-56-43(67(77)74(68(44)78)64(70(81)82)46-14-10-12-24-72-46)30-52(58(62(56)60)57(51)61(55)59)84-48-20-16-34(2)26-38(48)6/h9-32,63-64H,1-8H3,(H,79,80)(H,81,82). The van der Waals surface area contributed by atoms with E-state index < -0.39 is 47.7 Å². The van der Waals surface area contributed by atoms with Crippen LogP contribution in [0.25, 0.3) is 43.1 Å². The van der Waals surface area contributed by atoms with Gasteiger partial charge in [0.2, 0.25) is 0 Å². The summed E-state index contributed by atoms with van der Waals surface area (Å²) < 4.78 is 28.7. The van der Waals surface area contributed by atoms with Gasteiger partial charge in [-0.1, -0.05) is 82.9 Å². The second kappa shape index (κ2) is 20.4. The fraction of sp³-hybridized carbons (Fsp3) is 0.143. The molecule has 0 fully saturated rings. The molecule has 11 aromatic rings. The number of pyridine rings is 2. The molecule has 0 spiro atoms. The summed E-state index contributed by atoms with van der Waals surface area (Å²) in [6.45, 7) is 15.2. The maximum absolute atomic E-state index is 15.8. The van der Waals surface area contributed by atoms with Crippen LogP contribution in [0, 0.1) is 55.4 Å². The van der Waals surface area contributed by atoms with Gasteiger partial charge in [0.15, 0.2) is 12.1 Å². The first-order valence-corrected chi connectivity index (χ1v) is 27.7. The molecule has 9 aromatic carbocycles. The van der Waals surface area contributed by atoms with Crippen molar-refractivity contribution in [2.24, 2.45) is 0 Å². The maximum atomic E-state index is 15.8. The topological polar surface area (TPSA) is 212 Å². The summed E-state index contributed by atoms with van der Waals surface area (Å²) in [5.41, 5.74) is 5.88. The third-order valence-electron chi connectivity index (χ3n) is 16.1. The van der Waals surface area contributed by atoms with E-state index in [1.54, 1.807) is 48.5 Å². The zero-order valence-electron chi connectivity index (χ0n) is 47.8. The van der Waals surface area contributed by atoms with E-state index in [4.69, 9.17) is 18.9 Å². The number of ether oxygens (including phenoxy) is 4. The second-order valence-corrected chi connectivity index (χ2v) is 22.1. The number of amides is 4. The minimum atomic E-state index is -1.90. The van der Waals surface area contributed by atoms with E-state index in [2.05, 4.69) is 9.97 Å². The van der Waals surface area contributed by atoms with E-state index >= 15 is 19.2 Å². The number of imide groups is 2. The van der Waals surface area contributed by atoms with Gasteiger partial charge in [-0.3, -0.25) is 38.9 Å². The van der Waals surface area contributed by atoms with Crippen LogP contribution in [0.15, 0.2) is 146 Å². The number of aliphatic carboxylic acids is 2. The van der Waals surface area contributed by atoms with Crippen LogP contribution >= 0.6 is 0 Å². The highest BCUT2D eigenvalue weighted by Gasteiger charge is 2.47. The molecule has 4 amide bonds. The van der Waals surface area contributed by atoms with Crippen molar-refractivity contribution in [2.45, 2.75) is 67.5 Å². The Morgan fingerprint density at radius 1 is 0.349 bits per heavy atom. The fourth-order valence-corrected chi connectivity index (χ4v) is 12.3. The van der Waals surface area contributed by atoms with Gasteiger partial charge in [-0.05, 0) is 150 Å². The Hall–Kier alpha value is -11.0. The fourth-order valence-electron chi connectivity index (χ4n) is 12.3. The minimum absolute atomic E-state index is 0.0209. The number of fused-ring (bicyclic) bond motifs is 2. The van der Waals surface area contributed by atoms with Crippen LogP contribution in [-0.2, 0) is 9.59 Å². The first-order valence-electron chi connectivity index (χ1n) is 27.7. The number of carbonyl (C=O) groups is 6. The number of hydrogen-bond acceptors (Lipinski definition) is 12. The first-order chi connectivity index (χ1) is 41.3. The van der Waals surface area contributed by atoms with E-state index in [1.165, 1.54) is 48.8 Å². The van der Waals surface area contributed by atoms with Gasteiger partial charge in [-0.15, -0.1) is 0 Å². The summed E-state index contributed by atoms with van der Waals surface area (Å²) in [6.07, 6.45) is 2.75. The predicted octanol–water partition coefficient (Wildman–Crippen LogP) is 15.0. The third kappa shape index (κ3) is 8.66. The molecular formula is C70H52N4O12. The molecular weight excluding hydrogens is 1090 g/mol. The minimum Gasteiger partial charge on any atom is -0.479 e. The van der Waals surface area contributed by atoms with Crippen molar-refractivity contribution in [1.29, 1.82) is 0 Å². The number of hydrogen-bond donors (Lipinski definition) is 2. The summed E-state index contributed by atoms with van der Waals surface area (Å²) in [5.74, 6) is -5.43. The highest BCUT2D eigenvalue weighted by molar-refractivity contribution is 6.45. The Balaban J connectivity index is 1.27. The van der Waals surface area contributed by atoms with Crippen LogP contribution in [-0.4, -0.2) is 65.5 Å². The summed E-state index contributed by atoms with van der Waals surface area (Å²) in [5, 5.41) is 23.7. The number of aryl methyl sites for hydroxylation is 8. The van der Waals surface area contributed by atoms with Crippen molar-refractivity contribution >= 4 is 78.7 Å². The van der Waals surface area contributed by atoms with Gasteiger partial charge in [0.25, 0.3) is 23.6 Å².